The highest BCUT2D eigenvalue weighted by molar-refractivity contribution is 5.74. The minimum absolute atomic E-state index is 0.00148. The quantitative estimate of drug-likeness (QED) is 0.931. The summed E-state index contributed by atoms with van der Waals surface area (Å²) < 4.78 is 5.74. The van der Waals surface area contributed by atoms with Gasteiger partial charge in [-0.1, -0.05) is 37.3 Å². The van der Waals surface area contributed by atoms with Gasteiger partial charge in [0.1, 0.15) is 11.9 Å². The van der Waals surface area contributed by atoms with Crippen LogP contribution < -0.4 is 0 Å². The van der Waals surface area contributed by atoms with Gasteiger partial charge in [-0.25, -0.2) is 9.78 Å². The Bertz CT molecular complexity index is 673. The van der Waals surface area contributed by atoms with Crippen LogP contribution >= 0.6 is 0 Å². The van der Waals surface area contributed by atoms with Crippen molar-refractivity contribution in [3.63, 3.8) is 0 Å². The molecule has 1 atom stereocenters. The van der Waals surface area contributed by atoms with Gasteiger partial charge < -0.3 is 14.5 Å². The second kappa shape index (κ2) is 7.44. The number of ether oxygens (including phenoxy) is 1. The zero-order valence-electron chi connectivity index (χ0n) is 14.1. The van der Waals surface area contributed by atoms with Crippen LogP contribution in [0.5, 0.6) is 0 Å². The van der Waals surface area contributed by atoms with E-state index in [4.69, 9.17) is 4.74 Å². The highest BCUT2D eigenvalue weighted by atomic mass is 16.5. The molecule has 2 amide bonds. The van der Waals surface area contributed by atoms with Gasteiger partial charge in [-0.2, -0.15) is 5.10 Å². The zero-order valence-corrected chi connectivity index (χ0v) is 14.1. The van der Waals surface area contributed by atoms with Crippen molar-refractivity contribution in [2.24, 2.45) is 0 Å². The van der Waals surface area contributed by atoms with Gasteiger partial charge in [0, 0.05) is 26.6 Å². The molecule has 2 aromatic rings. The summed E-state index contributed by atoms with van der Waals surface area (Å²) in [6.45, 7) is 4.15. The molecule has 3 rings (SSSR count). The fourth-order valence-corrected chi connectivity index (χ4v) is 2.76. The van der Waals surface area contributed by atoms with E-state index in [1.807, 2.05) is 44.3 Å². The molecule has 0 spiro atoms. The third-order valence-electron chi connectivity index (χ3n) is 4.10. The molecule has 0 aliphatic carbocycles. The topological polar surface area (TPSA) is 74.3 Å². The SMILES string of the molecule is CCc1nc(C2CN(C(=O)N(C)Cc3ccccc3)CCO2)n[nH]1. The molecule has 1 fully saturated rings. The summed E-state index contributed by atoms with van der Waals surface area (Å²) in [5.74, 6) is 1.45. The smallest absolute Gasteiger partial charge is 0.320 e. The lowest BCUT2D eigenvalue weighted by Crippen LogP contribution is -2.47. The Hall–Kier alpha value is -2.41. The molecular weight excluding hydrogens is 306 g/mol. The van der Waals surface area contributed by atoms with Crippen molar-refractivity contribution >= 4 is 6.03 Å². The van der Waals surface area contributed by atoms with Gasteiger partial charge in [-0.3, -0.25) is 5.10 Å². The van der Waals surface area contributed by atoms with Gasteiger partial charge in [0.15, 0.2) is 5.82 Å². The van der Waals surface area contributed by atoms with Crippen molar-refractivity contribution in [3.8, 4) is 0 Å². The number of morpholine rings is 1. The number of urea groups is 1. The summed E-state index contributed by atoms with van der Waals surface area (Å²) in [6.07, 6.45) is 0.520. The third kappa shape index (κ3) is 3.73. The van der Waals surface area contributed by atoms with Gasteiger partial charge in [-0.05, 0) is 5.56 Å². The lowest BCUT2D eigenvalue weighted by molar-refractivity contribution is -0.0241. The minimum Gasteiger partial charge on any atom is -0.366 e. The van der Waals surface area contributed by atoms with Crippen LogP contribution in [0.15, 0.2) is 30.3 Å². The van der Waals surface area contributed by atoms with Crippen LogP contribution in [0.4, 0.5) is 4.79 Å². The number of carbonyl (C=O) groups excluding carboxylic acids is 1. The van der Waals surface area contributed by atoms with E-state index in [2.05, 4.69) is 15.2 Å². The third-order valence-corrected chi connectivity index (χ3v) is 4.10. The van der Waals surface area contributed by atoms with Crippen LogP contribution in [0.25, 0.3) is 0 Å². The number of amides is 2. The standard InChI is InChI=1S/C17H23N5O2/c1-3-15-18-16(20-19-15)14-12-22(9-10-24-14)17(23)21(2)11-13-7-5-4-6-8-13/h4-8,14H,3,9-12H2,1-2H3,(H,18,19,20). The zero-order chi connectivity index (χ0) is 16.9. The molecule has 7 heteroatoms. The Balaban J connectivity index is 1.62. The fourth-order valence-electron chi connectivity index (χ4n) is 2.76. The molecule has 1 aromatic carbocycles. The second-order valence-electron chi connectivity index (χ2n) is 5.92. The second-order valence-corrected chi connectivity index (χ2v) is 5.92. The van der Waals surface area contributed by atoms with E-state index in [1.165, 1.54) is 0 Å². The predicted octanol–water partition coefficient (Wildman–Crippen LogP) is 1.99. The average molecular weight is 329 g/mol. The van der Waals surface area contributed by atoms with Crippen molar-refractivity contribution in [3.05, 3.63) is 47.5 Å². The number of hydrogen-bond acceptors (Lipinski definition) is 4. The number of nitrogens with one attached hydrogen (secondary N) is 1. The molecule has 2 heterocycles. The normalized spacial score (nSPS) is 17.8. The Morgan fingerprint density at radius 1 is 1.42 bits per heavy atom. The number of aryl methyl sites for hydroxylation is 1. The molecule has 1 saturated heterocycles. The molecule has 1 aromatic heterocycles. The molecule has 0 bridgehead atoms. The molecule has 1 unspecified atom stereocenters. The number of aromatic amines is 1. The average Bonchev–Trinajstić information content (AvgIpc) is 3.11. The molecule has 0 saturated carbocycles. The van der Waals surface area contributed by atoms with Gasteiger partial charge >= 0.3 is 6.03 Å². The highest BCUT2D eigenvalue weighted by Crippen LogP contribution is 2.20. The maximum atomic E-state index is 12.7. The van der Waals surface area contributed by atoms with Gasteiger partial charge in [0.2, 0.25) is 0 Å². The monoisotopic (exact) mass is 329 g/mol. The lowest BCUT2D eigenvalue weighted by Gasteiger charge is -2.34. The summed E-state index contributed by atoms with van der Waals surface area (Å²) in [7, 11) is 1.82. The first-order chi connectivity index (χ1) is 11.7. The van der Waals surface area contributed by atoms with Gasteiger partial charge in [0.05, 0.1) is 13.2 Å². The van der Waals surface area contributed by atoms with E-state index in [9.17, 15) is 4.79 Å². The maximum absolute atomic E-state index is 12.7. The van der Waals surface area contributed by atoms with E-state index in [0.29, 0.717) is 32.1 Å². The van der Waals surface area contributed by atoms with E-state index >= 15 is 0 Å². The van der Waals surface area contributed by atoms with Gasteiger partial charge in [0.25, 0.3) is 0 Å². The van der Waals surface area contributed by atoms with Crippen molar-refractivity contribution < 1.29 is 9.53 Å². The Labute approximate surface area is 141 Å². The maximum Gasteiger partial charge on any atom is 0.320 e. The molecule has 1 aliphatic rings. The van der Waals surface area contributed by atoms with E-state index in [1.54, 1.807) is 9.80 Å². The van der Waals surface area contributed by atoms with Crippen LogP contribution in [0.2, 0.25) is 0 Å². The molecule has 7 nitrogen and oxygen atoms in total. The van der Waals surface area contributed by atoms with E-state index < -0.39 is 0 Å². The first-order valence-electron chi connectivity index (χ1n) is 8.24. The van der Waals surface area contributed by atoms with Crippen molar-refractivity contribution in [2.75, 3.05) is 26.7 Å². The Kier molecular flexibility index (Phi) is 5.10. The summed E-state index contributed by atoms with van der Waals surface area (Å²) in [6, 6.07) is 9.97. The number of H-pyrrole nitrogens is 1. The summed E-state index contributed by atoms with van der Waals surface area (Å²) in [5, 5.41) is 7.10. The fraction of sp³-hybridized carbons (Fsp3) is 0.471. The number of carbonyl (C=O) groups is 1. The van der Waals surface area contributed by atoms with E-state index in [0.717, 1.165) is 17.8 Å². The largest absolute Gasteiger partial charge is 0.366 e. The predicted molar refractivity (Wildman–Crippen MR) is 89.3 cm³/mol. The highest BCUT2D eigenvalue weighted by Gasteiger charge is 2.29. The number of benzene rings is 1. The summed E-state index contributed by atoms with van der Waals surface area (Å²) >= 11 is 0. The van der Waals surface area contributed by atoms with Crippen LogP contribution in [-0.2, 0) is 17.7 Å². The number of rotatable bonds is 4. The molecular formula is C17H23N5O2. The summed E-state index contributed by atoms with van der Waals surface area (Å²) in [5.41, 5.74) is 1.11. The first kappa shape index (κ1) is 16.4. The van der Waals surface area contributed by atoms with Crippen LogP contribution in [0.3, 0.4) is 0 Å². The molecule has 1 N–H and O–H groups in total. The van der Waals surface area contributed by atoms with Crippen molar-refractivity contribution in [1.29, 1.82) is 0 Å². The van der Waals surface area contributed by atoms with E-state index in [-0.39, 0.29) is 12.1 Å². The molecule has 128 valence electrons. The van der Waals surface area contributed by atoms with Crippen LogP contribution in [0.1, 0.15) is 30.2 Å². The van der Waals surface area contributed by atoms with Crippen LogP contribution in [0, 0.1) is 0 Å². The minimum atomic E-state index is -0.274. The lowest BCUT2D eigenvalue weighted by atomic mass is 10.2. The first-order valence-corrected chi connectivity index (χ1v) is 8.24. The van der Waals surface area contributed by atoms with Crippen LogP contribution in [-0.4, -0.2) is 57.8 Å². The number of nitrogens with zero attached hydrogens (tertiary/aromatic N) is 4. The van der Waals surface area contributed by atoms with Gasteiger partial charge in [-0.15, -0.1) is 0 Å². The number of aromatic nitrogens is 3. The Morgan fingerprint density at radius 3 is 2.92 bits per heavy atom. The summed E-state index contributed by atoms with van der Waals surface area (Å²) in [4.78, 5) is 20.6. The molecule has 1 aliphatic heterocycles. The van der Waals surface area contributed by atoms with Crippen molar-refractivity contribution in [1.82, 2.24) is 25.0 Å². The number of hydrogen-bond donors (Lipinski definition) is 1. The van der Waals surface area contributed by atoms with Crippen molar-refractivity contribution in [2.45, 2.75) is 26.0 Å². The Morgan fingerprint density at radius 2 is 2.21 bits per heavy atom. The molecule has 0 radical (unpaired) electrons. The molecule has 24 heavy (non-hydrogen) atoms.